The van der Waals surface area contributed by atoms with Crippen molar-refractivity contribution in [1.29, 1.82) is 0 Å². The van der Waals surface area contributed by atoms with Gasteiger partial charge in [-0.15, -0.1) is 0 Å². The van der Waals surface area contributed by atoms with Gasteiger partial charge in [0, 0.05) is 23.6 Å². The fourth-order valence-corrected chi connectivity index (χ4v) is 2.15. The minimum atomic E-state index is -0.494. The maximum atomic E-state index is 13.5. The van der Waals surface area contributed by atoms with Crippen LogP contribution in [0.25, 0.3) is 0 Å². The average Bonchev–Trinajstić information content (AvgIpc) is 2.43. The lowest BCUT2D eigenvalue weighted by Crippen LogP contribution is -2.10. The highest BCUT2D eigenvalue weighted by Crippen LogP contribution is 2.21. The van der Waals surface area contributed by atoms with Crippen LogP contribution in [0.3, 0.4) is 0 Å². The Labute approximate surface area is 126 Å². The van der Waals surface area contributed by atoms with Crippen LogP contribution < -0.4 is 10.6 Å². The largest absolute Gasteiger partial charge is 0.367 e. The zero-order chi connectivity index (χ0) is 14.5. The van der Waals surface area contributed by atoms with E-state index in [0.717, 1.165) is 11.8 Å². The number of halogens is 3. The number of nitrogens with zero attached hydrogens (tertiary/aromatic N) is 2. The van der Waals surface area contributed by atoms with Gasteiger partial charge in [0.2, 0.25) is 5.95 Å². The molecule has 2 aromatic rings. The van der Waals surface area contributed by atoms with E-state index >= 15 is 0 Å². The summed E-state index contributed by atoms with van der Waals surface area (Å²) >= 11 is 11.9. The minimum Gasteiger partial charge on any atom is -0.367 e. The molecule has 0 amide bonds. The number of anilines is 2. The van der Waals surface area contributed by atoms with Crippen LogP contribution in [-0.4, -0.2) is 23.6 Å². The van der Waals surface area contributed by atoms with E-state index in [4.69, 9.17) is 23.2 Å². The van der Waals surface area contributed by atoms with Gasteiger partial charge in [0.1, 0.15) is 0 Å². The van der Waals surface area contributed by atoms with Gasteiger partial charge in [0.05, 0.1) is 6.20 Å². The molecule has 4 nitrogen and oxygen atoms in total. The summed E-state index contributed by atoms with van der Waals surface area (Å²) in [5.74, 6) is 0.0269. The number of nitrogens with one attached hydrogen (secondary N) is 2. The SMILES string of the molecule is CNc1ncc(F)c(NCCc2ccc(Cl)cc2Cl)n1. The van der Waals surface area contributed by atoms with Crippen molar-refractivity contribution in [2.24, 2.45) is 0 Å². The van der Waals surface area contributed by atoms with E-state index in [1.165, 1.54) is 0 Å². The molecule has 0 spiro atoms. The van der Waals surface area contributed by atoms with E-state index in [0.29, 0.717) is 29.0 Å². The highest BCUT2D eigenvalue weighted by molar-refractivity contribution is 6.35. The molecule has 1 aromatic heterocycles. The highest BCUT2D eigenvalue weighted by atomic mass is 35.5. The summed E-state index contributed by atoms with van der Waals surface area (Å²) in [5.41, 5.74) is 0.937. The molecule has 0 radical (unpaired) electrons. The van der Waals surface area contributed by atoms with Crippen molar-refractivity contribution in [2.45, 2.75) is 6.42 Å². The van der Waals surface area contributed by atoms with Gasteiger partial charge in [-0.05, 0) is 24.1 Å². The Balaban J connectivity index is 1.99. The zero-order valence-electron chi connectivity index (χ0n) is 10.8. The maximum Gasteiger partial charge on any atom is 0.224 e. The number of benzene rings is 1. The summed E-state index contributed by atoms with van der Waals surface area (Å²) in [5, 5.41) is 6.86. The fraction of sp³-hybridized carbons (Fsp3) is 0.231. The van der Waals surface area contributed by atoms with Gasteiger partial charge in [-0.2, -0.15) is 4.98 Å². The first-order chi connectivity index (χ1) is 9.60. The van der Waals surface area contributed by atoms with Crippen molar-refractivity contribution in [3.8, 4) is 0 Å². The summed E-state index contributed by atoms with van der Waals surface area (Å²) in [6, 6.07) is 5.30. The van der Waals surface area contributed by atoms with Crippen molar-refractivity contribution >= 4 is 35.0 Å². The Morgan fingerprint density at radius 1 is 1.30 bits per heavy atom. The summed E-state index contributed by atoms with van der Waals surface area (Å²) in [4.78, 5) is 7.77. The minimum absolute atomic E-state index is 0.162. The first-order valence-electron chi connectivity index (χ1n) is 5.98. The molecule has 0 fully saturated rings. The van der Waals surface area contributed by atoms with Gasteiger partial charge in [0.25, 0.3) is 0 Å². The second-order valence-electron chi connectivity index (χ2n) is 4.05. The molecule has 0 aliphatic carbocycles. The lowest BCUT2D eigenvalue weighted by molar-refractivity contribution is 0.617. The predicted octanol–water partition coefficient (Wildman–Crippen LogP) is 3.62. The first kappa shape index (κ1) is 14.8. The maximum absolute atomic E-state index is 13.5. The van der Waals surface area contributed by atoms with Crippen LogP contribution in [0.4, 0.5) is 16.2 Å². The third-order valence-electron chi connectivity index (χ3n) is 2.67. The van der Waals surface area contributed by atoms with Gasteiger partial charge >= 0.3 is 0 Å². The molecule has 2 N–H and O–H groups in total. The standard InChI is InChI=1S/C13H13Cl2FN4/c1-17-13-19-7-11(16)12(20-13)18-5-4-8-2-3-9(14)6-10(8)15/h2-3,6-7H,4-5H2,1H3,(H2,17,18,19,20). The quantitative estimate of drug-likeness (QED) is 0.885. The Hall–Kier alpha value is -1.59. The van der Waals surface area contributed by atoms with E-state index in [9.17, 15) is 4.39 Å². The van der Waals surface area contributed by atoms with E-state index in [1.54, 1.807) is 19.2 Å². The Morgan fingerprint density at radius 2 is 2.10 bits per heavy atom. The molecule has 106 valence electrons. The zero-order valence-corrected chi connectivity index (χ0v) is 12.3. The Morgan fingerprint density at radius 3 is 2.80 bits per heavy atom. The van der Waals surface area contributed by atoms with Crippen LogP contribution in [-0.2, 0) is 6.42 Å². The van der Waals surface area contributed by atoms with Crippen LogP contribution in [0.2, 0.25) is 10.0 Å². The molecule has 0 atom stereocenters. The summed E-state index contributed by atoms with van der Waals surface area (Å²) in [7, 11) is 1.67. The molecule has 0 saturated heterocycles. The lowest BCUT2D eigenvalue weighted by Gasteiger charge is -2.09. The van der Waals surface area contributed by atoms with Crippen molar-refractivity contribution in [3.05, 3.63) is 45.8 Å². The fourth-order valence-electron chi connectivity index (χ4n) is 1.65. The molecular weight excluding hydrogens is 302 g/mol. The molecule has 0 bridgehead atoms. The second-order valence-corrected chi connectivity index (χ2v) is 4.90. The number of rotatable bonds is 5. The molecule has 2 rings (SSSR count). The third kappa shape index (κ3) is 3.71. The van der Waals surface area contributed by atoms with Gasteiger partial charge < -0.3 is 10.6 Å². The Kier molecular flexibility index (Phi) is 4.98. The van der Waals surface area contributed by atoms with Crippen LogP contribution in [0.15, 0.2) is 24.4 Å². The van der Waals surface area contributed by atoms with E-state index in [1.807, 2.05) is 6.07 Å². The predicted molar refractivity (Wildman–Crippen MR) is 80.2 cm³/mol. The summed E-state index contributed by atoms with van der Waals surface area (Å²) in [6.45, 7) is 0.498. The van der Waals surface area contributed by atoms with Crippen molar-refractivity contribution in [1.82, 2.24) is 9.97 Å². The number of aromatic nitrogens is 2. The van der Waals surface area contributed by atoms with E-state index < -0.39 is 5.82 Å². The molecule has 1 aromatic carbocycles. The number of hydrogen-bond acceptors (Lipinski definition) is 4. The van der Waals surface area contributed by atoms with Crippen LogP contribution in [0.1, 0.15) is 5.56 Å². The van der Waals surface area contributed by atoms with Gasteiger partial charge in [-0.25, -0.2) is 9.37 Å². The molecule has 0 saturated carbocycles. The second kappa shape index (κ2) is 6.72. The molecule has 0 aliphatic heterocycles. The summed E-state index contributed by atoms with van der Waals surface area (Å²) in [6.07, 6.45) is 1.75. The third-order valence-corrected chi connectivity index (χ3v) is 3.26. The molecule has 0 unspecified atom stereocenters. The van der Waals surface area contributed by atoms with Crippen molar-refractivity contribution in [3.63, 3.8) is 0 Å². The Bertz CT molecular complexity index is 607. The van der Waals surface area contributed by atoms with Crippen molar-refractivity contribution in [2.75, 3.05) is 24.2 Å². The monoisotopic (exact) mass is 314 g/mol. The molecular formula is C13H13Cl2FN4. The summed E-state index contributed by atoms with van der Waals surface area (Å²) < 4.78 is 13.5. The van der Waals surface area contributed by atoms with E-state index in [-0.39, 0.29) is 5.82 Å². The van der Waals surface area contributed by atoms with Crippen LogP contribution in [0, 0.1) is 5.82 Å². The smallest absolute Gasteiger partial charge is 0.224 e. The van der Waals surface area contributed by atoms with Gasteiger partial charge in [-0.3, -0.25) is 0 Å². The van der Waals surface area contributed by atoms with Gasteiger partial charge in [0.15, 0.2) is 11.6 Å². The molecule has 20 heavy (non-hydrogen) atoms. The lowest BCUT2D eigenvalue weighted by atomic mass is 10.1. The topological polar surface area (TPSA) is 49.8 Å². The molecule has 0 aliphatic rings. The normalized spacial score (nSPS) is 10.4. The van der Waals surface area contributed by atoms with Gasteiger partial charge in [-0.1, -0.05) is 29.3 Å². The van der Waals surface area contributed by atoms with E-state index in [2.05, 4.69) is 20.6 Å². The number of hydrogen-bond donors (Lipinski definition) is 2. The van der Waals surface area contributed by atoms with Crippen LogP contribution in [0.5, 0.6) is 0 Å². The first-order valence-corrected chi connectivity index (χ1v) is 6.74. The molecule has 7 heteroatoms. The molecule has 1 heterocycles. The highest BCUT2D eigenvalue weighted by Gasteiger charge is 2.06. The average molecular weight is 315 g/mol. The van der Waals surface area contributed by atoms with Crippen molar-refractivity contribution < 1.29 is 4.39 Å². The van der Waals surface area contributed by atoms with Crippen LogP contribution >= 0.6 is 23.2 Å².